The normalized spacial score (nSPS) is 20.0. The number of nitrogens with two attached hydrogens (primary N) is 1. The molecule has 1 saturated heterocycles. The van der Waals surface area contributed by atoms with Gasteiger partial charge in [-0.15, -0.1) is 0 Å². The zero-order chi connectivity index (χ0) is 13.9. The summed E-state index contributed by atoms with van der Waals surface area (Å²) in [6.45, 7) is 8.70. The molecule has 5 nitrogen and oxygen atoms in total. The lowest BCUT2D eigenvalue weighted by Crippen LogP contribution is -2.50. The van der Waals surface area contributed by atoms with Crippen molar-refractivity contribution in [2.75, 3.05) is 13.1 Å². The van der Waals surface area contributed by atoms with Gasteiger partial charge < -0.3 is 16.0 Å². The third kappa shape index (κ3) is 3.45. The number of carbonyl (C=O) groups is 2. The third-order valence-corrected chi connectivity index (χ3v) is 3.64. The summed E-state index contributed by atoms with van der Waals surface area (Å²) < 4.78 is 0. The van der Waals surface area contributed by atoms with Crippen LogP contribution in [0.25, 0.3) is 0 Å². The largest absolute Gasteiger partial charge is 0.346 e. The fourth-order valence-corrected chi connectivity index (χ4v) is 2.25. The van der Waals surface area contributed by atoms with Crippen LogP contribution in [0.2, 0.25) is 0 Å². The molecule has 0 unspecified atom stereocenters. The van der Waals surface area contributed by atoms with Crippen LogP contribution in [0.5, 0.6) is 0 Å². The number of rotatable bonds is 4. The lowest BCUT2D eigenvalue weighted by Gasteiger charge is -2.31. The Labute approximate surface area is 109 Å². The number of nitrogens with one attached hydrogen (secondary N) is 1. The van der Waals surface area contributed by atoms with Gasteiger partial charge in [-0.2, -0.15) is 0 Å². The SMILES string of the molecule is CC(C)[C@H](N)C(=O)NCC(=O)N1CCCC1(C)C. The van der Waals surface area contributed by atoms with Gasteiger partial charge in [0.05, 0.1) is 12.6 Å². The molecular formula is C13H25N3O2. The topological polar surface area (TPSA) is 75.4 Å². The fourth-order valence-electron chi connectivity index (χ4n) is 2.25. The van der Waals surface area contributed by atoms with Gasteiger partial charge in [-0.25, -0.2) is 0 Å². The second-order valence-corrected chi connectivity index (χ2v) is 5.95. The Morgan fingerprint density at radius 3 is 2.44 bits per heavy atom. The monoisotopic (exact) mass is 255 g/mol. The van der Waals surface area contributed by atoms with E-state index in [-0.39, 0.29) is 29.8 Å². The van der Waals surface area contributed by atoms with Gasteiger partial charge >= 0.3 is 0 Å². The van der Waals surface area contributed by atoms with E-state index in [9.17, 15) is 9.59 Å². The molecule has 0 aromatic rings. The summed E-state index contributed by atoms with van der Waals surface area (Å²) in [5.74, 6) is -0.208. The highest BCUT2D eigenvalue weighted by Crippen LogP contribution is 2.27. The summed E-state index contributed by atoms with van der Waals surface area (Å²) in [4.78, 5) is 25.5. The van der Waals surface area contributed by atoms with E-state index in [0.717, 1.165) is 19.4 Å². The molecule has 0 saturated carbocycles. The van der Waals surface area contributed by atoms with Crippen molar-refractivity contribution in [3.63, 3.8) is 0 Å². The highest BCUT2D eigenvalue weighted by atomic mass is 16.2. The zero-order valence-electron chi connectivity index (χ0n) is 11.8. The Morgan fingerprint density at radius 1 is 1.39 bits per heavy atom. The minimum absolute atomic E-state index is 0.0261. The van der Waals surface area contributed by atoms with E-state index in [1.807, 2.05) is 18.7 Å². The van der Waals surface area contributed by atoms with E-state index in [4.69, 9.17) is 5.73 Å². The average molecular weight is 255 g/mol. The molecule has 0 radical (unpaired) electrons. The number of hydrogen-bond acceptors (Lipinski definition) is 3. The second-order valence-electron chi connectivity index (χ2n) is 5.95. The summed E-state index contributed by atoms with van der Waals surface area (Å²) >= 11 is 0. The van der Waals surface area contributed by atoms with Crippen LogP contribution in [0.3, 0.4) is 0 Å². The zero-order valence-corrected chi connectivity index (χ0v) is 11.8. The quantitative estimate of drug-likeness (QED) is 0.767. The van der Waals surface area contributed by atoms with Gasteiger partial charge in [-0.1, -0.05) is 13.8 Å². The third-order valence-electron chi connectivity index (χ3n) is 3.64. The Balaban J connectivity index is 2.45. The number of nitrogens with zero attached hydrogens (tertiary/aromatic N) is 1. The molecule has 0 aliphatic carbocycles. The van der Waals surface area contributed by atoms with E-state index >= 15 is 0 Å². The Bertz CT molecular complexity index is 326. The van der Waals surface area contributed by atoms with Crippen molar-refractivity contribution in [1.82, 2.24) is 10.2 Å². The van der Waals surface area contributed by atoms with Gasteiger partial charge in [0.1, 0.15) is 0 Å². The van der Waals surface area contributed by atoms with Crippen molar-refractivity contribution in [2.24, 2.45) is 11.7 Å². The van der Waals surface area contributed by atoms with Gasteiger partial charge in [-0.05, 0) is 32.6 Å². The number of amides is 2. The first-order valence-corrected chi connectivity index (χ1v) is 6.59. The number of hydrogen-bond donors (Lipinski definition) is 2. The van der Waals surface area contributed by atoms with E-state index in [1.54, 1.807) is 0 Å². The Morgan fingerprint density at radius 2 is 2.00 bits per heavy atom. The molecule has 0 aromatic heterocycles. The molecule has 1 heterocycles. The van der Waals surface area contributed by atoms with E-state index in [0.29, 0.717) is 0 Å². The minimum Gasteiger partial charge on any atom is -0.346 e. The predicted octanol–water partition coefficient (Wildman–Crippen LogP) is 0.487. The molecule has 0 bridgehead atoms. The average Bonchev–Trinajstić information content (AvgIpc) is 2.64. The molecule has 2 amide bonds. The first kappa shape index (κ1) is 15.0. The van der Waals surface area contributed by atoms with Crippen molar-refractivity contribution in [3.8, 4) is 0 Å². The molecule has 5 heteroatoms. The molecular weight excluding hydrogens is 230 g/mol. The van der Waals surface area contributed by atoms with E-state index in [1.165, 1.54) is 0 Å². The summed E-state index contributed by atoms with van der Waals surface area (Å²) in [6.07, 6.45) is 2.04. The second kappa shape index (κ2) is 5.69. The molecule has 3 N–H and O–H groups in total. The molecule has 104 valence electrons. The maximum absolute atomic E-state index is 12.0. The van der Waals surface area contributed by atoms with Crippen LogP contribution in [0.15, 0.2) is 0 Å². The molecule has 1 rings (SSSR count). The summed E-state index contributed by atoms with van der Waals surface area (Å²) in [5.41, 5.74) is 5.62. The maximum atomic E-state index is 12.0. The lowest BCUT2D eigenvalue weighted by molar-refractivity contribution is -0.135. The van der Waals surface area contributed by atoms with E-state index in [2.05, 4.69) is 19.2 Å². The predicted molar refractivity (Wildman–Crippen MR) is 70.8 cm³/mol. The number of carbonyl (C=O) groups excluding carboxylic acids is 2. The summed E-state index contributed by atoms with van der Waals surface area (Å²) in [7, 11) is 0. The van der Waals surface area contributed by atoms with Crippen molar-refractivity contribution >= 4 is 11.8 Å². The van der Waals surface area contributed by atoms with Gasteiger partial charge in [0.15, 0.2) is 0 Å². The van der Waals surface area contributed by atoms with Crippen LogP contribution < -0.4 is 11.1 Å². The van der Waals surface area contributed by atoms with Crippen LogP contribution in [-0.4, -0.2) is 41.4 Å². The van der Waals surface area contributed by atoms with Crippen molar-refractivity contribution in [3.05, 3.63) is 0 Å². The minimum atomic E-state index is -0.551. The molecule has 0 spiro atoms. The van der Waals surface area contributed by atoms with Crippen LogP contribution in [0, 0.1) is 5.92 Å². The lowest BCUT2D eigenvalue weighted by atomic mass is 10.0. The first-order valence-electron chi connectivity index (χ1n) is 6.59. The highest BCUT2D eigenvalue weighted by Gasteiger charge is 2.35. The Kier molecular flexibility index (Phi) is 4.73. The van der Waals surface area contributed by atoms with Crippen LogP contribution in [0.1, 0.15) is 40.5 Å². The standard InChI is InChI=1S/C13H25N3O2/c1-9(2)11(14)12(18)15-8-10(17)16-7-5-6-13(16,3)4/h9,11H,5-8,14H2,1-4H3,(H,15,18)/t11-/m0/s1. The fraction of sp³-hybridized carbons (Fsp3) is 0.846. The first-order chi connectivity index (χ1) is 8.25. The van der Waals surface area contributed by atoms with Gasteiger partial charge in [-0.3, -0.25) is 9.59 Å². The van der Waals surface area contributed by atoms with E-state index < -0.39 is 6.04 Å². The van der Waals surface area contributed by atoms with Crippen molar-refractivity contribution in [1.29, 1.82) is 0 Å². The molecule has 0 aromatic carbocycles. The van der Waals surface area contributed by atoms with Crippen LogP contribution in [-0.2, 0) is 9.59 Å². The molecule has 1 atom stereocenters. The van der Waals surface area contributed by atoms with Crippen LogP contribution >= 0.6 is 0 Å². The molecule has 18 heavy (non-hydrogen) atoms. The number of likely N-dealkylation sites (tertiary alicyclic amines) is 1. The molecule has 1 fully saturated rings. The van der Waals surface area contributed by atoms with Crippen LogP contribution in [0.4, 0.5) is 0 Å². The molecule has 1 aliphatic rings. The van der Waals surface area contributed by atoms with Gasteiger partial charge in [0.25, 0.3) is 0 Å². The summed E-state index contributed by atoms with van der Waals surface area (Å²) in [6, 6.07) is -0.551. The van der Waals surface area contributed by atoms with Crippen molar-refractivity contribution in [2.45, 2.75) is 52.1 Å². The highest BCUT2D eigenvalue weighted by molar-refractivity contribution is 5.87. The summed E-state index contributed by atoms with van der Waals surface area (Å²) in [5, 5.41) is 2.62. The van der Waals surface area contributed by atoms with Gasteiger partial charge in [0, 0.05) is 12.1 Å². The molecule has 1 aliphatic heterocycles. The smallest absolute Gasteiger partial charge is 0.242 e. The van der Waals surface area contributed by atoms with Crippen molar-refractivity contribution < 1.29 is 9.59 Å². The Hall–Kier alpha value is -1.10. The maximum Gasteiger partial charge on any atom is 0.242 e. The van der Waals surface area contributed by atoms with Gasteiger partial charge in [0.2, 0.25) is 11.8 Å².